The van der Waals surface area contributed by atoms with Crippen LogP contribution in [0.2, 0.25) is 0 Å². The first-order valence-corrected chi connectivity index (χ1v) is 6.75. The van der Waals surface area contributed by atoms with Crippen LogP contribution in [0.1, 0.15) is 25.2 Å². The standard InChI is InChI=1S/C13H17BrN4/c1-9(2)16-7-11-6-12(14)8-17-13(11)18-5-4-15-10(18)3/h4-6,8-9,16H,7H2,1-3H3. The van der Waals surface area contributed by atoms with Crippen molar-refractivity contribution in [3.63, 3.8) is 0 Å². The van der Waals surface area contributed by atoms with Crippen LogP contribution in [-0.4, -0.2) is 20.6 Å². The van der Waals surface area contributed by atoms with E-state index in [2.05, 4.69) is 51.1 Å². The number of halogens is 1. The maximum absolute atomic E-state index is 4.50. The molecule has 0 amide bonds. The smallest absolute Gasteiger partial charge is 0.142 e. The third kappa shape index (κ3) is 2.97. The van der Waals surface area contributed by atoms with Gasteiger partial charge in [-0.05, 0) is 28.9 Å². The topological polar surface area (TPSA) is 42.7 Å². The summed E-state index contributed by atoms with van der Waals surface area (Å²) < 4.78 is 2.99. The average molecular weight is 309 g/mol. The van der Waals surface area contributed by atoms with Crippen molar-refractivity contribution in [1.82, 2.24) is 19.9 Å². The van der Waals surface area contributed by atoms with E-state index < -0.39 is 0 Å². The molecule has 0 atom stereocenters. The summed E-state index contributed by atoms with van der Waals surface area (Å²) in [4.78, 5) is 8.74. The van der Waals surface area contributed by atoms with E-state index in [1.807, 2.05) is 23.9 Å². The molecule has 4 nitrogen and oxygen atoms in total. The first kappa shape index (κ1) is 13.2. The molecule has 0 aromatic carbocycles. The number of nitrogens with zero attached hydrogens (tertiary/aromatic N) is 3. The maximum Gasteiger partial charge on any atom is 0.142 e. The van der Waals surface area contributed by atoms with Crippen LogP contribution in [-0.2, 0) is 6.54 Å². The van der Waals surface area contributed by atoms with Gasteiger partial charge in [-0.1, -0.05) is 13.8 Å². The zero-order valence-corrected chi connectivity index (χ0v) is 12.4. The largest absolute Gasteiger partial charge is 0.310 e. The second kappa shape index (κ2) is 5.63. The van der Waals surface area contributed by atoms with Gasteiger partial charge in [-0.3, -0.25) is 4.57 Å². The number of hydrogen-bond acceptors (Lipinski definition) is 3. The Bertz CT molecular complexity index is 534. The number of hydrogen-bond donors (Lipinski definition) is 1. The molecule has 0 unspecified atom stereocenters. The molecule has 0 aliphatic heterocycles. The fourth-order valence-electron chi connectivity index (χ4n) is 1.74. The van der Waals surface area contributed by atoms with E-state index in [0.29, 0.717) is 6.04 Å². The van der Waals surface area contributed by atoms with Crippen LogP contribution in [0.25, 0.3) is 5.82 Å². The summed E-state index contributed by atoms with van der Waals surface area (Å²) >= 11 is 3.47. The molecule has 1 N–H and O–H groups in total. The molecule has 2 heterocycles. The van der Waals surface area contributed by atoms with Gasteiger partial charge < -0.3 is 5.32 Å². The number of aromatic nitrogens is 3. The number of nitrogens with one attached hydrogen (secondary N) is 1. The third-order valence-electron chi connectivity index (χ3n) is 2.66. The normalized spacial score (nSPS) is 11.2. The van der Waals surface area contributed by atoms with Crippen molar-refractivity contribution in [2.45, 2.75) is 33.4 Å². The zero-order chi connectivity index (χ0) is 13.1. The van der Waals surface area contributed by atoms with Gasteiger partial charge in [-0.25, -0.2) is 9.97 Å². The van der Waals surface area contributed by atoms with E-state index in [1.54, 1.807) is 6.20 Å². The summed E-state index contributed by atoms with van der Waals surface area (Å²) in [7, 11) is 0. The Morgan fingerprint density at radius 3 is 2.78 bits per heavy atom. The molecule has 0 radical (unpaired) electrons. The summed E-state index contributed by atoms with van der Waals surface area (Å²) in [6.45, 7) is 7.03. The molecule has 0 aliphatic carbocycles. The molecule has 5 heteroatoms. The minimum atomic E-state index is 0.445. The van der Waals surface area contributed by atoms with Crippen LogP contribution in [0, 0.1) is 6.92 Å². The van der Waals surface area contributed by atoms with E-state index in [1.165, 1.54) is 0 Å². The lowest BCUT2D eigenvalue weighted by Gasteiger charge is -2.13. The highest BCUT2D eigenvalue weighted by molar-refractivity contribution is 9.10. The fourth-order valence-corrected chi connectivity index (χ4v) is 2.12. The van der Waals surface area contributed by atoms with Crippen LogP contribution >= 0.6 is 15.9 Å². The molecule has 2 aromatic heterocycles. The second-order valence-corrected chi connectivity index (χ2v) is 5.43. The van der Waals surface area contributed by atoms with Gasteiger partial charge in [-0.15, -0.1) is 0 Å². The quantitative estimate of drug-likeness (QED) is 0.944. The molecule has 0 saturated carbocycles. The van der Waals surface area contributed by atoms with E-state index in [0.717, 1.165) is 28.2 Å². The number of aryl methyl sites for hydroxylation is 1. The molecule has 0 aliphatic rings. The van der Waals surface area contributed by atoms with Crippen molar-refractivity contribution >= 4 is 15.9 Å². The molecule has 96 valence electrons. The predicted molar refractivity (Wildman–Crippen MR) is 75.8 cm³/mol. The van der Waals surface area contributed by atoms with Crippen LogP contribution in [0.4, 0.5) is 0 Å². The maximum atomic E-state index is 4.50. The van der Waals surface area contributed by atoms with Crippen molar-refractivity contribution in [3.05, 3.63) is 40.5 Å². The second-order valence-electron chi connectivity index (χ2n) is 4.52. The van der Waals surface area contributed by atoms with Gasteiger partial charge in [0, 0.05) is 41.2 Å². The third-order valence-corrected chi connectivity index (χ3v) is 3.10. The highest BCUT2D eigenvalue weighted by Crippen LogP contribution is 2.18. The lowest BCUT2D eigenvalue weighted by Crippen LogP contribution is -2.23. The molecular weight excluding hydrogens is 292 g/mol. The molecule has 0 bridgehead atoms. The van der Waals surface area contributed by atoms with Crippen LogP contribution in [0.3, 0.4) is 0 Å². The monoisotopic (exact) mass is 308 g/mol. The van der Waals surface area contributed by atoms with Crippen molar-refractivity contribution in [2.24, 2.45) is 0 Å². The van der Waals surface area contributed by atoms with Crippen molar-refractivity contribution in [3.8, 4) is 5.82 Å². The Labute approximate surface area is 116 Å². The Morgan fingerprint density at radius 2 is 2.17 bits per heavy atom. The Kier molecular flexibility index (Phi) is 4.14. The van der Waals surface area contributed by atoms with E-state index >= 15 is 0 Å². The summed E-state index contributed by atoms with van der Waals surface area (Å²) in [6, 6.07) is 2.54. The van der Waals surface area contributed by atoms with Gasteiger partial charge in [0.15, 0.2) is 0 Å². The average Bonchev–Trinajstić information content (AvgIpc) is 2.73. The summed E-state index contributed by atoms with van der Waals surface area (Å²) in [5, 5.41) is 3.42. The summed E-state index contributed by atoms with van der Waals surface area (Å²) in [5.74, 6) is 1.87. The molecule has 18 heavy (non-hydrogen) atoms. The van der Waals surface area contributed by atoms with Gasteiger partial charge in [0.25, 0.3) is 0 Å². The number of imidazole rings is 1. The SMILES string of the molecule is Cc1nccn1-c1ncc(Br)cc1CNC(C)C. The molecule has 2 rings (SSSR count). The lowest BCUT2D eigenvalue weighted by atomic mass is 10.2. The van der Waals surface area contributed by atoms with Crippen LogP contribution in [0.15, 0.2) is 29.1 Å². The molecule has 0 spiro atoms. The minimum absolute atomic E-state index is 0.445. The van der Waals surface area contributed by atoms with Gasteiger partial charge in [0.05, 0.1) is 0 Å². The van der Waals surface area contributed by atoms with Gasteiger partial charge in [0.2, 0.25) is 0 Å². The Hall–Kier alpha value is -1.20. The van der Waals surface area contributed by atoms with E-state index in [4.69, 9.17) is 0 Å². The van der Waals surface area contributed by atoms with Crippen LogP contribution < -0.4 is 5.32 Å². The first-order chi connectivity index (χ1) is 8.58. The van der Waals surface area contributed by atoms with Gasteiger partial charge in [0.1, 0.15) is 11.6 Å². The molecule has 0 fully saturated rings. The summed E-state index contributed by atoms with van der Waals surface area (Å²) in [5.41, 5.74) is 1.15. The van der Waals surface area contributed by atoms with Crippen molar-refractivity contribution in [2.75, 3.05) is 0 Å². The summed E-state index contributed by atoms with van der Waals surface area (Å²) in [6.07, 6.45) is 5.54. The van der Waals surface area contributed by atoms with Crippen molar-refractivity contribution in [1.29, 1.82) is 0 Å². The molecule has 0 saturated heterocycles. The van der Waals surface area contributed by atoms with E-state index in [9.17, 15) is 0 Å². The Morgan fingerprint density at radius 1 is 1.39 bits per heavy atom. The first-order valence-electron chi connectivity index (χ1n) is 5.96. The highest BCUT2D eigenvalue weighted by Gasteiger charge is 2.09. The predicted octanol–water partition coefficient (Wildman–Crippen LogP) is 2.84. The lowest BCUT2D eigenvalue weighted by molar-refractivity contribution is 0.586. The zero-order valence-electron chi connectivity index (χ0n) is 10.8. The fraction of sp³-hybridized carbons (Fsp3) is 0.385. The van der Waals surface area contributed by atoms with Crippen molar-refractivity contribution < 1.29 is 0 Å². The molecular formula is C13H17BrN4. The molecule has 2 aromatic rings. The number of pyridine rings is 1. The highest BCUT2D eigenvalue weighted by atomic mass is 79.9. The van der Waals surface area contributed by atoms with Crippen LogP contribution in [0.5, 0.6) is 0 Å². The van der Waals surface area contributed by atoms with Gasteiger partial charge >= 0.3 is 0 Å². The minimum Gasteiger partial charge on any atom is -0.310 e. The number of rotatable bonds is 4. The van der Waals surface area contributed by atoms with Gasteiger partial charge in [-0.2, -0.15) is 0 Å². The Balaban J connectivity index is 2.37. The van der Waals surface area contributed by atoms with E-state index in [-0.39, 0.29) is 0 Å².